The van der Waals surface area contributed by atoms with Gasteiger partial charge in [-0.1, -0.05) is 15.9 Å². The number of rotatable bonds is 6. The average Bonchev–Trinajstić information content (AvgIpc) is 3.21. The normalized spacial score (nSPS) is 16.5. The zero-order chi connectivity index (χ0) is 20.1. The number of benzene rings is 1. The number of furan rings is 1. The molecule has 2 aromatic rings. The standard InChI is InChI=1S/C20H23BrFN3O3/c1-13(19(26)24-18-5-4-15(21)11-17(18)22)25-8-6-14(7-9-25)20(27)23-12-16-3-2-10-28-16/h2-5,10-11,13-14H,6-9,12H2,1H3,(H,23,27)(H,24,26). The third kappa shape index (κ3) is 5.20. The molecule has 6 nitrogen and oxygen atoms in total. The fraction of sp³-hybridized carbons (Fsp3) is 0.400. The van der Waals surface area contributed by atoms with Gasteiger partial charge >= 0.3 is 0 Å². The molecule has 3 rings (SSSR count). The second-order valence-electron chi connectivity index (χ2n) is 6.90. The molecule has 150 valence electrons. The van der Waals surface area contributed by atoms with E-state index >= 15 is 0 Å². The summed E-state index contributed by atoms with van der Waals surface area (Å²) in [7, 11) is 0. The van der Waals surface area contributed by atoms with Crippen molar-refractivity contribution in [3.8, 4) is 0 Å². The van der Waals surface area contributed by atoms with E-state index in [-0.39, 0.29) is 23.4 Å². The first-order valence-electron chi connectivity index (χ1n) is 9.24. The zero-order valence-electron chi connectivity index (χ0n) is 15.6. The van der Waals surface area contributed by atoms with Crippen molar-refractivity contribution in [1.29, 1.82) is 0 Å². The highest BCUT2D eigenvalue weighted by Crippen LogP contribution is 2.22. The summed E-state index contributed by atoms with van der Waals surface area (Å²) in [4.78, 5) is 26.8. The number of likely N-dealkylation sites (tertiary alicyclic amines) is 1. The van der Waals surface area contributed by atoms with Gasteiger partial charge < -0.3 is 15.1 Å². The number of carbonyl (C=O) groups excluding carboxylic acids is 2. The van der Waals surface area contributed by atoms with E-state index in [1.54, 1.807) is 25.3 Å². The van der Waals surface area contributed by atoms with Gasteiger partial charge in [-0.3, -0.25) is 14.5 Å². The van der Waals surface area contributed by atoms with Crippen molar-refractivity contribution < 1.29 is 18.4 Å². The minimum Gasteiger partial charge on any atom is -0.467 e. The fourth-order valence-electron chi connectivity index (χ4n) is 3.27. The van der Waals surface area contributed by atoms with Crippen molar-refractivity contribution >= 4 is 33.4 Å². The van der Waals surface area contributed by atoms with Gasteiger partial charge in [0.15, 0.2) is 0 Å². The van der Waals surface area contributed by atoms with Gasteiger partial charge in [0, 0.05) is 10.4 Å². The summed E-state index contributed by atoms with van der Waals surface area (Å²) in [6.07, 6.45) is 2.93. The van der Waals surface area contributed by atoms with E-state index in [1.807, 2.05) is 11.0 Å². The van der Waals surface area contributed by atoms with Gasteiger partial charge in [-0.05, 0) is 63.2 Å². The van der Waals surface area contributed by atoms with Crippen molar-refractivity contribution in [2.45, 2.75) is 32.4 Å². The largest absolute Gasteiger partial charge is 0.467 e. The Balaban J connectivity index is 1.46. The van der Waals surface area contributed by atoms with Gasteiger partial charge in [-0.2, -0.15) is 0 Å². The van der Waals surface area contributed by atoms with E-state index in [0.717, 1.165) is 5.76 Å². The first-order valence-corrected chi connectivity index (χ1v) is 10.0. The maximum absolute atomic E-state index is 13.9. The summed E-state index contributed by atoms with van der Waals surface area (Å²) in [5.41, 5.74) is 0.159. The number of hydrogen-bond acceptors (Lipinski definition) is 4. The summed E-state index contributed by atoms with van der Waals surface area (Å²) in [6, 6.07) is 7.71. The number of nitrogens with one attached hydrogen (secondary N) is 2. The molecular weight excluding hydrogens is 429 g/mol. The van der Waals surface area contributed by atoms with Crippen LogP contribution in [-0.4, -0.2) is 35.8 Å². The van der Waals surface area contributed by atoms with Gasteiger partial charge in [0.2, 0.25) is 11.8 Å². The van der Waals surface area contributed by atoms with E-state index in [0.29, 0.717) is 36.9 Å². The van der Waals surface area contributed by atoms with Gasteiger partial charge in [-0.15, -0.1) is 0 Å². The Morgan fingerprint density at radius 1 is 1.32 bits per heavy atom. The van der Waals surface area contributed by atoms with Crippen molar-refractivity contribution in [2.75, 3.05) is 18.4 Å². The number of carbonyl (C=O) groups is 2. The van der Waals surface area contributed by atoms with Crippen molar-refractivity contribution in [3.05, 3.63) is 52.6 Å². The molecule has 28 heavy (non-hydrogen) atoms. The van der Waals surface area contributed by atoms with Crippen LogP contribution in [0.3, 0.4) is 0 Å². The molecule has 0 aliphatic carbocycles. The molecule has 2 heterocycles. The second-order valence-corrected chi connectivity index (χ2v) is 7.81. The maximum Gasteiger partial charge on any atom is 0.241 e. The molecule has 1 aromatic carbocycles. The zero-order valence-corrected chi connectivity index (χ0v) is 17.2. The van der Waals surface area contributed by atoms with Crippen LogP contribution in [0.5, 0.6) is 0 Å². The van der Waals surface area contributed by atoms with Crippen LogP contribution in [0, 0.1) is 11.7 Å². The molecule has 1 aromatic heterocycles. The van der Waals surface area contributed by atoms with Crippen LogP contribution in [0.15, 0.2) is 45.5 Å². The molecule has 1 aliphatic heterocycles. The predicted molar refractivity (Wildman–Crippen MR) is 107 cm³/mol. The Morgan fingerprint density at radius 2 is 2.07 bits per heavy atom. The molecular formula is C20H23BrFN3O3. The SMILES string of the molecule is CC(C(=O)Nc1ccc(Br)cc1F)N1CCC(C(=O)NCc2ccco2)CC1. The summed E-state index contributed by atoms with van der Waals surface area (Å²) in [5, 5.41) is 5.53. The molecule has 0 bridgehead atoms. The highest BCUT2D eigenvalue weighted by atomic mass is 79.9. The molecule has 1 fully saturated rings. The molecule has 0 spiro atoms. The Labute approximate surface area is 171 Å². The molecule has 1 atom stereocenters. The van der Waals surface area contributed by atoms with E-state index in [1.165, 1.54) is 12.1 Å². The monoisotopic (exact) mass is 451 g/mol. The van der Waals surface area contributed by atoms with Crippen LogP contribution in [0.4, 0.5) is 10.1 Å². The number of halogens is 2. The number of anilines is 1. The quantitative estimate of drug-likeness (QED) is 0.704. The maximum atomic E-state index is 13.9. The topological polar surface area (TPSA) is 74.6 Å². The lowest BCUT2D eigenvalue weighted by Gasteiger charge is -2.34. The smallest absolute Gasteiger partial charge is 0.241 e. The van der Waals surface area contributed by atoms with Gasteiger partial charge in [0.1, 0.15) is 11.6 Å². The van der Waals surface area contributed by atoms with E-state index in [9.17, 15) is 14.0 Å². The van der Waals surface area contributed by atoms with Crippen molar-refractivity contribution in [3.63, 3.8) is 0 Å². The number of amides is 2. The third-order valence-corrected chi connectivity index (χ3v) is 5.53. The Kier molecular flexibility index (Phi) is 6.85. The molecule has 2 N–H and O–H groups in total. The molecule has 0 radical (unpaired) electrons. The Bertz CT molecular complexity index is 820. The van der Waals surface area contributed by atoms with E-state index in [2.05, 4.69) is 26.6 Å². The molecule has 8 heteroatoms. The van der Waals surface area contributed by atoms with Crippen molar-refractivity contribution in [1.82, 2.24) is 10.2 Å². The lowest BCUT2D eigenvalue weighted by atomic mass is 9.95. The number of piperidine rings is 1. The van der Waals surface area contributed by atoms with E-state index in [4.69, 9.17) is 4.42 Å². The lowest BCUT2D eigenvalue weighted by Crippen LogP contribution is -2.48. The summed E-state index contributed by atoms with van der Waals surface area (Å²) < 4.78 is 19.7. The van der Waals surface area contributed by atoms with Crippen LogP contribution in [0.1, 0.15) is 25.5 Å². The van der Waals surface area contributed by atoms with Gasteiger partial charge in [0.25, 0.3) is 0 Å². The molecule has 1 unspecified atom stereocenters. The highest BCUT2D eigenvalue weighted by Gasteiger charge is 2.30. The van der Waals surface area contributed by atoms with Crippen LogP contribution >= 0.6 is 15.9 Å². The predicted octanol–water partition coefficient (Wildman–Crippen LogP) is 3.54. The van der Waals surface area contributed by atoms with E-state index < -0.39 is 11.9 Å². The average molecular weight is 452 g/mol. The molecule has 2 amide bonds. The van der Waals surface area contributed by atoms with Crippen LogP contribution in [-0.2, 0) is 16.1 Å². The van der Waals surface area contributed by atoms with Crippen LogP contribution < -0.4 is 10.6 Å². The van der Waals surface area contributed by atoms with Crippen LogP contribution in [0.2, 0.25) is 0 Å². The highest BCUT2D eigenvalue weighted by molar-refractivity contribution is 9.10. The molecule has 1 saturated heterocycles. The number of nitrogens with zero attached hydrogens (tertiary/aromatic N) is 1. The first kappa shape index (κ1) is 20.5. The number of hydrogen-bond donors (Lipinski definition) is 2. The molecule has 1 aliphatic rings. The Hall–Kier alpha value is -2.19. The Morgan fingerprint density at radius 3 is 2.71 bits per heavy atom. The lowest BCUT2D eigenvalue weighted by molar-refractivity contribution is -0.127. The minimum atomic E-state index is -0.484. The van der Waals surface area contributed by atoms with Gasteiger partial charge in [0.05, 0.1) is 24.5 Å². The second kappa shape index (κ2) is 9.34. The summed E-state index contributed by atoms with van der Waals surface area (Å²) in [6.45, 7) is 3.44. The van der Waals surface area contributed by atoms with Crippen LogP contribution in [0.25, 0.3) is 0 Å². The summed E-state index contributed by atoms with van der Waals surface area (Å²) in [5.74, 6) is -0.101. The third-order valence-electron chi connectivity index (χ3n) is 5.03. The van der Waals surface area contributed by atoms with Crippen molar-refractivity contribution in [2.24, 2.45) is 5.92 Å². The fourth-order valence-corrected chi connectivity index (χ4v) is 3.61. The first-order chi connectivity index (χ1) is 13.4. The van der Waals surface area contributed by atoms with Gasteiger partial charge in [-0.25, -0.2) is 4.39 Å². The molecule has 0 saturated carbocycles. The minimum absolute atomic E-state index is 0.00471. The summed E-state index contributed by atoms with van der Waals surface area (Å²) >= 11 is 3.19.